The number of halogens is 2. The summed E-state index contributed by atoms with van der Waals surface area (Å²) in [5, 5.41) is 3.03. The zero-order valence-electron chi connectivity index (χ0n) is 13.4. The molecule has 0 aliphatic rings. The number of hydrogen-bond donors (Lipinski definition) is 1. The first-order chi connectivity index (χ1) is 11.9. The predicted molar refractivity (Wildman–Crippen MR) is 88.9 cm³/mol. The van der Waals surface area contributed by atoms with Gasteiger partial charge in [0.05, 0.1) is 23.3 Å². The maximum Gasteiger partial charge on any atom is 0.261 e. The third-order valence-electron chi connectivity index (χ3n) is 3.81. The molecule has 0 saturated heterocycles. The Labute approximate surface area is 141 Å². The Kier molecular flexibility index (Phi) is 4.56. The van der Waals surface area contributed by atoms with Gasteiger partial charge in [-0.1, -0.05) is 12.1 Å². The van der Waals surface area contributed by atoms with Crippen LogP contribution in [0.1, 0.15) is 18.5 Å². The van der Waals surface area contributed by atoms with Gasteiger partial charge in [0.25, 0.3) is 5.56 Å². The first-order valence-electron chi connectivity index (χ1n) is 7.63. The molecule has 1 amide bonds. The lowest BCUT2D eigenvalue weighted by atomic mass is 10.1. The highest BCUT2D eigenvalue weighted by Crippen LogP contribution is 2.15. The van der Waals surface area contributed by atoms with E-state index in [9.17, 15) is 18.4 Å². The molecule has 5 nitrogen and oxygen atoms in total. The van der Waals surface area contributed by atoms with Crippen LogP contribution in [-0.2, 0) is 11.3 Å². The normalized spacial score (nSPS) is 12.1. The Morgan fingerprint density at radius 3 is 2.60 bits per heavy atom. The number of nitrogens with zero attached hydrogens (tertiary/aromatic N) is 2. The van der Waals surface area contributed by atoms with E-state index in [-0.39, 0.29) is 12.1 Å². The average molecular weight is 343 g/mol. The van der Waals surface area contributed by atoms with E-state index in [1.54, 1.807) is 31.2 Å². The summed E-state index contributed by atoms with van der Waals surface area (Å²) in [5.41, 5.74) is 0.521. The minimum Gasteiger partial charge on any atom is -0.348 e. The van der Waals surface area contributed by atoms with Crippen LogP contribution in [0.2, 0.25) is 0 Å². The van der Waals surface area contributed by atoms with E-state index < -0.39 is 23.6 Å². The summed E-state index contributed by atoms with van der Waals surface area (Å²) in [6, 6.07) is 9.29. The summed E-state index contributed by atoms with van der Waals surface area (Å²) >= 11 is 0. The molecule has 0 saturated carbocycles. The van der Waals surface area contributed by atoms with Crippen molar-refractivity contribution >= 4 is 16.8 Å². The second-order valence-corrected chi connectivity index (χ2v) is 5.69. The summed E-state index contributed by atoms with van der Waals surface area (Å²) in [5.74, 6) is -1.89. The minimum absolute atomic E-state index is 0.237. The van der Waals surface area contributed by atoms with Gasteiger partial charge in [-0.05, 0) is 36.8 Å². The molecule has 0 fully saturated rings. The van der Waals surface area contributed by atoms with Crippen LogP contribution in [0, 0.1) is 11.6 Å². The van der Waals surface area contributed by atoms with Crippen molar-refractivity contribution in [2.75, 3.05) is 0 Å². The van der Waals surface area contributed by atoms with Crippen LogP contribution in [0.25, 0.3) is 10.9 Å². The molecule has 0 unspecified atom stereocenters. The number of aromatic nitrogens is 2. The van der Waals surface area contributed by atoms with Crippen molar-refractivity contribution in [3.05, 3.63) is 76.3 Å². The zero-order chi connectivity index (χ0) is 18.0. The molecule has 0 bridgehead atoms. The zero-order valence-corrected chi connectivity index (χ0v) is 13.4. The molecule has 0 spiro atoms. The number of amides is 1. The van der Waals surface area contributed by atoms with Crippen molar-refractivity contribution in [1.82, 2.24) is 14.9 Å². The third kappa shape index (κ3) is 3.71. The van der Waals surface area contributed by atoms with Crippen molar-refractivity contribution in [1.29, 1.82) is 0 Å². The molecule has 0 aliphatic heterocycles. The fourth-order valence-corrected chi connectivity index (χ4v) is 2.57. The second-order valence-electron chi connectivity index (χ2n) is 5.69. The van der Waals surface area contributed by atoms with Gasteiger partial charge in [-0.3, -0.25) is 14.2 Å². The molecule has 3 rings (SSSR count). The highest BCUT2D eigenvalue weighted by Gasteiger charge is 2.13. The number of fused-ring (bicyclic) bond motifs is 1. The fraction of sp³-hybridized carbons (Fsp3) is 0.167. The highest BCUT2D eigenvalue weighted by atomic mass is 19.1. The topological polar surface area (TPSA) is 64.0 Å². The molecule has 1 N–H and O–H groups in total. The van der Waals surface area contributed by atoms with E-state index in [0.717, 1.165) is 18.2 Å². The van der Waals surface area contributed by atoms with E-state index in [2.05, 4.69) is 10.3 Å². The maximum atomic E-state index is 13.3. The largest absolute Gasteiger partial charge is 0.348 e. The third-order valence-corrected chi connectivity index (χ3v) is 3.81. The van der Waals surface area contributed by atoms with Gasteiger partial charge in [0.2, 0.25) is 5.91 Å². The lowest BCUT2D eigenvalue weighted by molar-refractivity contribution is -0.122. The Morgan fingerprint density at radius 2 is 1.88 bits per heavy atom. The smallest absolute Gasteiger partial charge is 0.261 e. The first-order valence-corrected chi connectivity index (χ1v) is 7.63. The van der Waals surface area contributed by atoms with Crippen LogP contribution in [0.15, 0.2) is 53.6 Å². The van der Waals surface area contributed by atoms with Gasteiger partial charge in [0.15, 0.2) is 0 Å². The first kappa shape index (κ1) is 16.8. The van der Waals surface area contributed by atoms with Crippen molar-refractivity contribution in [3.63, 3.8) is 0 Å². The van der Waals surface area contributed by atoms with Gasteiger partial charge < -0.3 is 5.32 Å². The summed E-state index contributed by atoms with van der Waals surface area (Å²) in [6.45, 7) is 1.37. The van der Waals surface area contributed by atoms with E-state index in [1.807, 2.05) is 0 Å². The standard InChI is InChI=1S/C18H15F2N3O2/c1-11(12-6-13(19)8-14(20)7-12)22-17(24)9-23-10-21-16-5-3-2-4-15(16)18(23)25/h2-8,10-11H,9H2,1H3,(H,22,24)/t11-/m0/s1. The molecule has 128 valence electrons. The van der Waals surface area contributed by atoms with Crippen LogP contribution < -0.4 is 10.9 Å². The number of para-hydroxylation sites is 1. The summed E-state index contributed by atoms with van der Waals surface area (Å²) < 4.78 is 27.7. The quantitative estimate of drug-likeness (QED) is 0.792. The molecule has 0 aliphatic carbocycles. The molecular weight excluding hydrogens is 328 g/mol. The summed E-state index contributed by atoms with van der Waals surface area (Å²) in [7, 11) is 0. The average Bonchev–Trinajstić information content (AvgIpc) is 2.56. The molecule has 1 atom stereocenters. The van der Waals surface area contributed by atoms with Gasteiger partial charge in [-0.15, -0.1) is 0 Å². The van der Waals surface area contributed by atoms with Crippen molar-refractivity contribution in [3.8, 4) is 0 Å². The molecule has 25 heavy (non-hydrogen) atoms. The van der Waals surface area contributed by atoms with Crippen molar-refractivity contribution < 1.29 is 13.6 Å². The molecule has 7 heteroatoms. The molecule has 0 radical (unpaired) electrons. The van der Waals surface area contributed by atoms with Crippen molar-refractivity contribution in [2.24, 2.45) is 0 Å². The lowest BCUT2D eigenvalue weighted by Gasteiger charge is -2.15. The maximum absolute atomic E-state index is 13.3. The summed E-state index contributed by atoms with van der Waals surface area (Å²) in [6.07, 6.45) is 1.30. The van der Waals surface area contributed by atoms with Gasteiger partial charge in [0, 0.05) is 6.07 Å². The second kappa shape index (κ2) is 6.80. The Bertz CT molecular complexity index is 981. The van der Waals surface area contributed by atoms with Crippen LogP contribution in [0.5, 0.6) is 0 Å². The van der Waals surface area contributed by atoms with E-state index >= 15 is 0 Å². The minimum atomic E-state index is -0.717. The van der Waals surface area contributed by atoms with Crippen LogP contribution in [0.3, 0.4) is 0 Å². The molecule has 1 heterocycles. The number of carbonyl (C=O) groups excluding carboxylic acids is 1. The van der Waals surface area contributed by atoms with E-state index in [0.29, 0.717) is 16.5 Å². The Balaban J connectivity index is 1.76. The number of carbonyl (C=O) groups is 1. The van der Waals surface area contributed by atoms with E-state index in [1.165, 1.54) is 10.9 Å². The molecule has 3 aromatic rings. The van der Waals surface area contributed by atoms with Gasteiger partial charge in [-0.25, -0.2) is 13.8 Å². The fourth-order valence-electron chi connectivity index (χ4n) is 2.57. The van der Waals surface area contributed by atoms with E-state index in [4.69, 9.17) is 0 Å². The summed E-state index contributed by atoms with van der Waals surface area (Å²) in [4.78, 5) is 28.7. The highest BCUT2D eigenvalue weighted by molar-refractivity contribution is 5.79. The Morgan fingerprint density at radius 1 is 1.20 bits per heavy atom. The van der Waals surface area contributed by atoms with Crippen LogP contribution >= 0.6 is 0 Å². The SMILES string of the molecule is C[C@H](NC(=O)Cn1cnc2ccccc2c1=O)c1cc(F)cc(F)c1. The molecule has 1 aromatic heterocycles. The monoisotopic (exact) mass is 343 g/mol. The Hall–Kier alpha value is -3.09. The number of rotatable bonds is 4. The predicted octanol–water partition coefficient (Wildman–Crippen LogP) is 2.55. The lowest BCUT2D eigenvalue weighted by Crippen LogP contribution is -2.34. The van der Waals surface area contributed by atoms with Crippen LogP contribution in [0.4, 0.5) is 8.78 Å². The van der Waals surface area contributed by atoms with Crippen molar-refractivity contribution in [2.45, 2.75) is 19.5 Å². The molecular formula is C18H15F2N3O2. The molecule has 2 aromatic carbocycles. The van der Waals surface area contributed by atoms with Gasteiger partial charge >= 0.3 is 0 Å². The van der Waals surface area contributed by atoms with Gasteiger partial charge in [-0.2, -0.15) is 0 Å². The number of benzene rings is 2. The number of hydrogen-bond acceptors (Lipinski definition) is 3. The van der Waals surface area contributed by atoms with Crippen LogP contribution in [-0.4, -0.2) is 15.5 Å². The van der Waals surface area contributed by atoms with Gasteiger partial charge in [0.1, 0.15) is 18.2 Å². The number of nitrogens with one attached hydrogen (secondary N) is 1.